The number of rotatable bonds is 6. The van der Waals surface area contributed by atoms with Crippen LogP contribution in [0.1, 0.15) is 13.3 Å². The number of carbonyl (C=O) groups excluding carboxylic acids is 1. The molecule has 1 atom stereocenters. The smallest absolute Gasteiger partial charge is 0.319 e. The number of anilines is 1. The number of aliphatic hydroxyl groups is 1. The zero-order valence-corrected chi connectivity index (χ0v) is 10.8. The minimum atomic E-state index is -0.274. The van der Waals surface area contributed by atoms with E-state index < -0.39 is 0 Å². The molecule has 1 rings (SSSR count). The first-order chi connectivity index (χ1) is 8.67. The Bertz CT molecular complexity index is 382. The van der Waals surface area contributed by atoms with Gasteiger partial charge in [0.05, 0.1) is 12.8 Å². The van der Waals surface area contributed by atoms with Gasteiger partial charge >= 0.3 is 6.03 Å². The molecule has 0 aliphatic rings. The highest BCUT2D eigenvalue weighted by Crippen LogP contribution is 2.22. The first kappa shape index (κ1) is 14.3. The van der Waals surface area contributed by atoms with E-state index in [4.69, 9.17) is 9.84 Å². The van der Waals surface area contributed by atoms with Gasteiger partial charge in [-0.1, -0.05) is 19.1 Å². The van der Waals surface area contributed by atoms with Crippen LogP contribution in [0.25, 0.3) is 0 Å². The van der Waals surface area contributed by atoms with Gasteiger partial charge in [0, 0.05) is 13.2 Å². The summed E-state index contributed by atoms with van der Waals surface area (Å²) in [7, 11) is 1.56. The summed E-state index contributed by atoms with van der Waals surface area (Å²) in [5.41, 5.74) is 0.632. The van der Waals surface area contributed by atoms with Gasteiger partial charge in [0.2, 0.25) is 0 Å². The van der Waals surface area contributed by atoms with E-state index in [2.05, 4.69) is 10.6 Å². The quantitative estimate of drug-likeness (QED) is 0.723. The van der Waals surface area contributed by atoms with Crippen LogP contribution in [0.15, 0.2) is 24.3 Å². The van der Waals surface area contributed by atoms with Gasteiger partial charge in [0.25, 0.3) is 0 Å². The van der Waals surface area contributed by atoms with Crippen molar-refractivity contribution < 1.29 is 14.6 Å². The van der Waals surface area contributed by atoms with Crippen molar-refractivity contribution in [1.29, 1.82) is 0 Å². The molecule has 0 fully saturated rings. The average Bonchev–Trinajstić information content (AvgIpc) is 2.37. The van der Waals surface area contributed by atoms with Gasteiger partial charge in [0.15, 0.2) is 0 Å². The lowest BCUT2D eigenvalue weighted by molar-refractivity contribution is 0.243. The van der Waals surface area contributed by atoms with Crippen molar-refractivity contribution in [1.82, 2.24) is 5.32 Å². The van der Waals surface area contributed by atoms with Gasteiger partial charge in [-0.3, -0.25) is 0 Å². The molecular weight excluding hydrogens is 232 g/mol. The number of hydrogen-bond acceptors (Lipinski definition) is 3. The van der Waals surface area contributed by atoms with Crippen molar-refractivity contribution in [3.8, 4) is 5.75 Å². The SMILES string of the molecule is COc1ccccc1NC(=O)NCC(C)CCO. The number of aliphatic hydroxyl groups excluding tert-OH is 1. The summed E-state index contributed by atoms with van der Waals surface area (Å²) in [5, 5.41) is 14.2. The number of urea groups is 1. The highest BCUT2D eigenvalue weighted by molar-refractivity contribution is 5.90. The third kappa shape index (κ3) is 4.63. The zero-order valence-electron chi connectivity index (χ0n) is 10.8. The Balaban J connectivity index is 2.44. The molecule has 1 unspecified atom stereocenters. The van der Waals surface area contributed by atoms with Crippen LogP contribution in [0.5, 0.6) is 5.75 Å². The maximum absolute atomic E-state index is 11.6. The molecule has 18 heavy (non-hydrogen) atoms. The number of para-hydroxylation sites is 2. The van der Waals surface area contributed by atoms with Crippen LogP contribution in [0.3, 0.4) is 0 Å². The number of carbonyl (C=O) groups is 1. The lowest BCUT2D eigenvalue weighted by Crippen LogP contribution is -2.32. The van der Waals surface area contributed by atoms with E-state index >= 15 is 0 Å². The van der Waals surface area contributed by atoms with Gasteiger partial charge in [0.1, 0.15) is 5.75 Å². The Hall–Kier alpha value is -1.75. The highest BCUT2D eigenvalue weighted by atomic mass is 16.5. The normalized spacial score (nSPS) is 11.7. The minimum Gasteiger partial charge on any atom is -0.495 e. The standard InChI is InChI=1S/C13H20N2O3/c1-10(7-8-16)9-14-13(17)15-11-5-3-4-6-12(11)18-2/h3-6,10,16H,7-9H2,1-2H3,(H2,14,15,17). The molecule has 0 bridgehead atoms. The van der Waals surface area contributed by atoms with Crippen LogP contribution >= 0.6 is 0 Å². The average molecular weight is 252 g/mol. The summed E-state index contributed by atoms with van der Waals surface area (Å²) >= 11 is 0. The summed E-state index contributed by atoms with van der Waals surface area (Å²) in [6.45, 7) is 2.64. The maximum Gasteiger partial charge on any atom is 0.319 e. The van der Waals surface area contributed by atoms with E-state index in [9.17, 15) is 4.79 Å². The second-order valence-electron chi connectivity index (χ2n) is 4.15. The molecular formula is C13H20N2O3. The van der Waals surface area contributed by atoms with E-state index in [1.165, 1.54) is 0 Å². The summed E-state index contributed by atoms with van der Waals surface area (Å²) in [4.78, 5) is 11.6. The van der Waals surface area contributed by atoms with E-state index in [-0.39, 0.29) is 18.6 Å². The van der Waals surface area contributed by atoms with Crippen LogP contribution in [-0.4, -0.2) is 31.4 Å². The predicted molar refractivity (Wildman–Crippen MR) is 70.9 cm³/mol. The van der Waals surface area contributed by atoms with Crippen LogP contribution in [-0.2, 0) is 0 Å². The number of nitrogens with one attached hydrogen (secondary N) is 2. The van der Waals surface area contributed by atoms with Gasteiger partial charge in [-0.2, -0.15) is 0 Å². The van der Waals surface area contributed by atoms with Crippen molar-refractivity contribution in [2.24, 2.45) is 5.92 Å². The topological polar surface area (TPSA) is 70.6 Å². The molecule has 1 aromatic carbocycles. The van der Waals surface area contributed by atoms with Crippen LogP contribution in [0, 0.1) is 5.92 Å². The maximum atomic E-state index is 11.6. The molecule has 5 heteroatoms. The van der Waals surface area contributed by atoms with Crippen molar-refractivity contribution in [2.75, 3.05) is 25.6 Å². The second-order valence-corrected chi connectivity index (χ2v) is 4.15. The van der Waals surface area contributed by atoms with E-state index in [1.807, 2.05) is 19.1 Å². The highest BCUT2D eigenvalue weighted by Gasteiger charge is 2.07. The third-order valence-corrected chi connectivity index (χ3v) is 2.59. The monoisotopic (exact) mass is 252 g/mol. The van der Waals surface area contributed by atoms with Crippen molar-refractivity contribution in [3.63, 3.8) is 0 Å². The summed E-state index contributed by atoms with van der Waals surface area (Å²) in [6, 6.07) is 6.95. The van der Waals surface area contributed by atoms with Crippen molar-refractivity contribution in [2.45, 2.75) is 13.3 Å². The molecule has 100 valence electrons. The number of hydrogen-bond donors (Lipinski definition) is 3. The summed E-state index contributed by atoms with van der Waals surface area (Å²) in [5.74, 6) is 0.870. The Morgan fingerprint density at radius 1 is 1.44 bits per heavy atom. The molecule has 5 nitrogen and oxygen atoms in total. The predicted octanol–water partition coefficient (Wildman–Crippen LogP) is 1.84. The van der Waals surface area contributed by atoms with E-state index in [0.29, 0.717) is 24.4 Å². The largest absolute Gasteiger partial charge is 0.495 e. The Labute approximate surface area is 107 Å². The molecule has 0 radical (unpaired) electrons. The third-order valence-electron chi connectivity index (χ3n) is 2.59. The Morgan fingerprint density at radius 2 is 2.17 bits per heavy atom. The number of methoxy groups -OCH3 is 1. The molecule has 0 saturated heterocycles. The molecule has 0 aromatic heterocycles. The van der Waals surface area contributed by atoms with Gasteiger partial charge < -0.3 is 20.5 Å². The molecule has 0 heterocycles. The summed E-state index contributed by atoms with van der Waals surface area (Å²) in [6.07, 6.45) is 0.676. The van der Waals surface area contributed by atoms with E-state index in [1.54, 1.807) is 19.2 Å². The zero-order chi connectivity index (χ0) is 13.4. The first-order valence-corrected chi connectivity index (χ1v) is 5.96. The van der Waals surface area contributed by atoms with Crippen LogP contribution in [0.2, 0.25) is 0 Å². The molecule has 0 aliphatic carbocycles. The van der Waals surface area contributed by atoms with Crippen molar-refractivity contribution in [3.05, 3.63) is 24.3 Å². The van der Waals surface area contributed by atoms with Gasteiger partial charge in [-0.25, -0.2) is 4.79 Å². The molecule has 0 aliphatic heterocycles. The Kier molecular flexibility index (Phi) is 6.00. The molecule has 0 saturated carbocycles. The van der Waals surface area contributed by atoms with Crippen LogP contribution in [0.4, 0.5) is 10.5 Å². The second kappa shape index (κ2) is 7.55. The number of benzene rings is 1. The fourth-order valence-corrected chi connectivity index (χ4v) is 1.50. The first-order valence-electron chi connectivity index (χ1n) is 5.96. The fraction of sp³-hybridized carbons (Fsp3) is 0.462. The lowest BCUT2D eigenvalue weighted by atomic mass is 10.1. The minimum absolute atomic E-state index is 0.136. The molecule has 3 N–H and O–H groups in total. The van der Waals surface area contributed by atoms with Gasteiger partial charge in [-0.05, 0) is 24.5 Å². The Morgan fingerprint density at radius 3 is 2.83 bits per heavy atom. The number of ether oxygens (including phenoxy) is 1. The van der Waals surface area contributed by atoms with E-state index in [0.717, 1.165) is 0 Å². The molecule has 2 amide bonds. The van der Waals surface area contributed by atoms with Crippen LogP contribution < -0.4 is 15.4 Å². The summed E-state index contributed by atoms with van der Waals surface area (Å²) < 4.78 is 5.13. The van der Waals surface area contributed by atoms with Gasteiger partial charge in [-0.15, -0.1) is 0 Å². The fourth-order valence-electron chi connectivity index (χ4n) is 1.50. The molecule has 0 spiro atoms. The lowest BCUT2D eigenvalue weighted by Gasteiger charge is -2.13. The number of amides is 2. The van der Waals surface area contributed by atoms with Crippen molar-refractivity contribution >= 4 is 11.7 Å². The molecule has 1 aromatic rings.